The summed E-state index contributed by atoms with van der Waals surface area (Å²) in [6.07, 6.45) is 4.39. The summed E-state index contributed by atoms with van der Waals surface area (Å²) in [4.78, 5) is 0. The highest BCUT2D eigenvalue weighted by Gasteiger charge is 2.26. The summed E-state index contributed by atoms with van der Waals surface area (Å²) < 4.78 is 12.9. The van der Waals surface area contributed by atoms with Crippen LogP contribution in [0.4, 0.5) is 4.39 Å². The van der Waals surface area contributed by atoms with E-state index in [4.69, 9.17) is 5.26 Å². The van der Waals surface area contributed by atoms with Gasteiger partial charge in [-0.2, -0.15) is 5.26 Å². The first-order chi connectivity index (χ1) is 8.70. The number of rotatable bonds is 3. The smallest absolute Gasteiger partial charge is 0.123 e. The van der Waals surface area contributed by atoms with Crippen LogP contribution in [0.15, 0.2) is 24.3 Å². The molecule has 3 atom stereocenters. The largest absolute Gasteiger partial charge is 0.306 e. The molecule has 0 heterocycles. The minimum Gasteiger partial charge on any atom is -0.306 e. The molecule has 1 N–H and O–H groups in total. The Morgan fingerprint density at radius 1 is 1.28 bits per heavy atom. The van der Waals surface area contributed by atoms with Crippen molar-refractivity contribution >= 4 is 0 Å². The van der Waals surface area contributed by atoms with Crippen LogP contribution in [0, 0.1) is 23.1 Å². The molecule has 0 saturated heterocycles. The molecule has 1 fully saturated rings. The molecule has 2 nitrogen and oxygen atoms in total. The third-order valence-electron chi connectivity index (χ3n) is 3.77. The molecule has 18 heavy (non-hydrogen) atoms. The number of nitriles is 1. The Hall–Kier alpha value is -1.40. The molecule has 3 heteroatoms. The zero-order valence-corrected chi connectivity index (χ0v) is 10.7. The topological polar surface area (TPSA) is 35.8 Å². The van der Waals surface area contributed by atoms with E-state index >= 15 is 0 Å². The number of benzene rings is 1. The van der Waals surface area contributed by atoms with Gasteiger partial charge in [0.2, 0.25) is 0 Å². The standard InChI is InChI=1S/C15H19FN2/c1-11(12-6-8-14(16)9-7-12)18-15-5-3-2-4-13(15)10-17/h6-9,11,13,15,18H,2-5H2,1H3. The third-order valence-corrected chi connectivity index (χ3v) is 3.77. The van der Waals surface area contributed by atoms with Gasteiger partial charge >= 0.3 is 0 Å². The van der Waals surface area contributed by atoms with Gasteiger partial charge in [-0.15, -0.1) is 0 Å². The van der Waals surface area contributed by atoms with E-state index in [1.165, 1.54) is 18.6 Å². The van der Waals surface area contributed by atoms with E-state index in [1.54, 1.807) is 12.1 Å². The van der Waals surface area contributed by atoms with Crippen LogP contribution >= 0.6 is 0 Å². The maximum Gasteiger partial charge on any atom is 0.123 e. The van der Waals surface area contributed by atoms with Crippen molar-refractivity contribution in [3.05, 3.63) is 35.6 Å². The van der Waals surface area contributed by atoms with Gasteiger partial charge in [0.05, 0.1) is 12.0 Å². The van der Waals surface area contributed by atoms with Crippen molar-refractivity contribution in [3.8, 4) is 6.07 Å². The summed E-state index contributed by atoms with van der Waals surface area (Å²) in [6.45, 7) is 2.07. The number of nitrogens with zero attached hydrogens (tertiary/aromatic N) is 1. The Morgan fingerprint density at radius 3 is 2.61 bits per heavy atom. The number of halogens is 1. The molecule has 0 spiro atoms. The zero-order valence-electron chi connectivity index (χ0n) is 10.7. The molecular formula is C15H19FN2. The van der Waals surface area contributed by atoms with Gasteiger partial charge in [0.25, 0.3) is 0 Å². The lowest BCUT2D eigenvalue weighted by atomic mass is 9.85. The lowest BCUT2D eigenvalue weighted by molar-refractivity contribution is 0.292. The summed E-state index contributed by atoms with van der Waals surface area (Å²) in [7, 11) is 0. The lowest BCUT2D eigenvalue weighted by Crippen LogP contribution is -2.39. The number of hydrogen-bond acceptors (Lipinski definition) is 2. The lowest BCUT2D eigenvalue weighted by Gasteiger charge is -2.30. The molecule has 1 aliphatic carbocycles. The summed E-state index contributed by atoms with van der Waals surface area (Å²) in [6, 6.07) is 9.39. The van der Waals surface area contributed by atoms with E-state index in [-0.39, 0.29) is 23.8 Å². The van der Waals surface area contributed by atoms with Crippen LogP contribution in [0.25, 0.3) is 0 Å². The summed E-state index contributed by atoms with van der Waals surface area (Å²) in [5.74, 6) is -0.0971. The van der Waals surface area contributed by atoms with Crippen molar-refractivity contribution in [1.82, 2.24) is 5.32 Å². The van der Waals surface area contributed by atoms with Crippen LogP contribution in [-0.2, 0) is 0 Å². The van der Waals surface area contributed by atoms with Crippen molar-refractivity contribution in [2.45, 2.75) is 44.7 Å². The normalized spacial score (nSPS) is 25.4. The molecule has 0 aromatic heterocycles. The second-order valence-electron chi connectivity index (χ2n) is 5.07. The Morgan fingerprint density at radius 2 is 1.94 bits per heavy atom. The highest BCUT2D eigenvalue weighted by molar-refractivity contribution is 5.19. The maximum atomic E-state index is 12.9. The quantitative estimate of drug-likeness (QED) is 0.885. The fourth-order valence-electron chi connectivity index (χ4n) is 2.65. The van der Waals surface area contributed by atoms with Gasteiger partial charge in [0.1, 0.15) is 5.82 Å². The monoisotopic (exact) mass is 246 g/mol. The molecule has 0 amide bonds. The first kappa shape index (κ1) is 13.0. The predicted octanol–water partition coefficient (Wildman–Crippen LogP) is 3.56. The Kier molecular flexibility index (Phi) is 4.33. The average Bonchev–Trinajstić information content (AvgIpc) is 2.40. The van der Waals surface area contributed by atoms with Gasteiger partial charge in [-0.05, 0) is 37.5 Å². The molecule has 0 bridgehead atoms. The van der Waals surface area contributed by atoms with Gasteiger partial charge in [0, 0.05) is 12.1 Å². The van der Waals surface area contributed by atoms with Crippen molar-refractivity contribution in [2.24, 2.45) is 5.92 Å². The van der Waals surface area contributed by atoms with Crippen molar-refractivity contribution in [1.29, 1.82) is 5.26 Å². The minimum atomic E-state index is -0.210. The van der Waals surface area contributed by atoms with Crippen molar-refractivity contribution in [2.75, 3.05) is 0 Å². The van der Waals surface area contributed by atoms with E-state index < -0.39 is 0 Å². The molecule has 1 saturated carbocycles. The van der Waals surface area contributed by atoms with E-state index in [1.807, 2.05) is 0 Å². The summed E-state index contributed by atoms with van der Waals surface area (Å²) in [5, 5.41) is 12.7. The van der Waals surface area contributed by atoms with Gasteiger partial charge in [-0.25, -0.2) is 4.39 Å². The van der Waals surface area contributed by atoms with Gasteiger partial charge in [-0.1, -0.05) is 25.0 Å². The first-order valence-corrected chi connectivity index (χ1v) is 6.62. The Balaban J connectivity index is 1.99. The Labute approximate surface area is 108 Å². The molecule has 3 unspecified atom stereocenters. The van der Waals surface area contributed by atoms with Gasteiger partial charge in [0.15, 0.2) is 0 Å². The van der Waals surface area contributed by atoms with Crippen LogP contribution < -0.4 is 5.32 Å². The SMILES string of the molecule is CC(NC1CCCCC1C#N)c1ccc(F)cc1. The molecular weight excluding hydrogens is 227 g/mol. The predicted molar refractivity (Wildman–Crippen MR) is 69.3 cm³/mol. The second-order valence-corrected chi connectivity index (χ2v) is 5.07. The molecule has 1 aliphatic rings. The first-order valence-electron chi connectivity index (χ1n) is 6.62. The highest BCUT2D eigenvalue weighted by atomic mass is 19.1. The van der Waals surface area contributed by atoms with Crippen LogP contribution in [0.5, 0.6) is 0 Å². The molecule has 0 radical (unpaired) electrons. The molecule has 1 aromatic rings. The fourth-order valence-corrected chi connectivity index (χ4v) is 2.65. The van der Waals surface area contributed by atoms with E-state index in [0.717, 1.165) is 24.8 Å². The average molecular weight is 246 g/mol. The van der Waals surface area contributed by atoms with Crippen LogP contribution in [-0.4, -0.2) is 6.04 Å². The number of nitrogens with one attached hydrogen (secondary N) is 1. The van der Waals surface area contributed by atoms with Gasteiger partial charge < -0.3 is 5.32 Å². The van der Waals surface area contributed by atoms with Crippen LogP contribution in [0.2, 0.25) is 0 Å². The van der Waals surface area contributed by atoms with E-state index in [9.17, 15) is 4.39 Å². The van der Waals surface area contributed by atoms with Crippen LogP contribution in [0.3, 0.4) is 0 Å². The Bertz CT molecular complexity index is 421. The second kappa shape index (κ2) is 5.97. The number of hydrogen-bond donors (Lipinski definition) is 1. The van der Waals surface area contributed by atoms with Crippen molar-refractivity contribution in [3.63, 3.8) is 0 Å². The maximum absolute atomic E-state index is 12.9. The summed E-state index contributed by atoms with van der Waals surface area (Å²) >= 11 is 0. The van der Waals surface area contributed by atoms with Crippen LogP contribution in [0.1, 0.15) is 44.2 Å². The molecule has 96 valence electrons. The van der Waals surface area contributed by atoms with E-state index in [2.05, 4.69) is 18.3 Å². The molecule has 1 aromatic carbocycles. The summed E-state index contributed by atoms with van der Waals surface area (Å²) in [5.41, 5.74) is 1.07. The fraction of sp³-hybridized carbons (Fsp3) is 0.533. The zero-order chi connectivity index (χ0) is 13.0. The molecule has 2 rings (SSSR count). The molecule has 0 aliphatic heterocycles. The third kappa shape index (κ3) is 3.08. The van der Waals surface area contributed by atoms with Crippen molar-refractivity contribution < 1.29 is 4.39 Å². The highest BCUT2D eigenvalue weighted by Crippen LogP contribution is 2.26. The minimum absolute atomic E-state index is 0.113. The van der Waals surface area contributed by atoms with Gasteiger partial charge in [-0.3, -0.25) is 0 Å². The van der Waals surface area contributed by atoms with E-state index in [0.29, 0.717) is 0 Å².